The number of benzene rings is 1. The van der Waals surface area contributed by atoms with Crippen LogP contribution in [0.4, 0.5) is 5.69 Å². The number of nitrogens with zero attached hydrogens (tertiary/aromatic N) is 2. The molecule has 1 saturated heterocycles. The minimum Gasteiger partial charge on any atom is -0.357 e. The Hall–Kier alpha value is -1.65. The molecule has 0 bridgehead atoms. The molecule has 2 atom stereocenters. The summed E-state index contributed by atoms with van der Waals surface area (Å²) < 4.78 is 0. The van der Waals surface area contributed by atoms with Crippen LogP contribution in [0.25, 0.3) is 0 Å². The standard InChI is InChI=1S/C23H33N5OS.HI/c1-4-24-23(25-15-18-8-5-10-20(14-18)27-17(2)29)26-16-19-9-6-12-28(3)22(19)21-11-7-13-30-21;/h5,7-8,10-11,13-14,19,22H,4,6,9,12,15-16H2,1-3H3,(H,27,29)(H2,24,25,26);1H. The van der Waals surface area contributed by atoms with Crippen molar-refractivity contribution in [3.63, 3.8) is 0 Å². The van der Waals surface area contributed by atoms with E-state index in [1.165, 1.54) is 24.6 Å². The van der Waals surface area contributed by atoms with Crippen LogP contribution >= 0.6 is 35.3 Å². The van der Waals surface area contributed by atoms with E-state index in [4.69, 9.17) is 4.99 Å². The van der Waals surface area contributed by atoms with Gasteiger partial charge in [-0.15, -0.1) is 35.3 Å². The number of likely N-dealkylation sites (tertiary alicyclic amines) is 1. The first kappa shape index (κ1) is 25.6. The Morgan fingerprint density at radius 2 is 2.10 bits per heavy atom. The van der Waals surface area contributed by atoms with E-state index in [2.05, 4.69) is 52.3 Å². The van der Waals surface area contributed by atoms with Gasteiger partial charge in [0.15, 0.2) is 5.96 Å². The first-order valence-corrected chi connectivity index (χ1v) is 11.6. The van der Waals surface area contributed by atoms with Crippen LogP contribution in [0.2, 0.25) is 0 Å². The fourth-order valence-corrected chi connectivity index (χ4v) is 5.06. The first-order valence-electron chi connectivity index (χ1n) is 10.7. The Balaban J connectivity index is 0.00000341. The smallest absolute Gasteiger partial charge is 0.221 e. The molecule has 1 aliphatic rings. The van der Waals surface area contributed by atoms with Gasteiger partial charge in [-0.1, -0.05) is 18.2 Å². The molecule has 170 valence electrons. The molecule has 8 heteroatoms. The predicted molar refractivity (Wildman–Crippen MR) is 141 cm³/mol. The molecule has 2 aromatic rings. The van der Waals surface area contributed by atoms with E-state index in [9.17, 15) is 4.79 Å². The number of hydrogen-bond acceptors (Lipinski definition) is 4. The van der Waals surface area contributed by atoms with Crippen molar-refractivity contribution in [1.82, 2.24) is 15.5 Å². The lowest BCUT2D eigenvalue weighted by Gasteiger charge is -2.39. The van der Waals surface area contributed by atoms with Crippen LogP contribution in [-0.2, 0) is 11.3 Å². The topological polar surface area (TPSA) is 68.8 Å². The van der Waals surface area contributed by atoms with Crippen molar-refractivity contribution in [3.8, 4) is 0 Å². The molecule has 2 heterocycles. The number of carbonyl (C=O) groups excluding carboxylic acids is 1. The molecule has 0 spiro atoms. The zero-order valence-corrected chi connectivity index (χ0v) is 21.7. The van der Waals surface area contributed by atoms with Gasteiger partial charge >= 0.3 is 0 Å². The van der Waals surface area contributed by atoms with Crippen molar-refractivity contribution in [2.45, 2.75) is 39.3 Å². The molecule has 1 aliphatic heterocycles. The predicted octanol–water partition coefficient (Wildman–Crippen LogP) is 4.46. The number of guanidine groups is 1. The van der Waals surface area contributed by atoms with Crippen molar-refractivity contribution in [1.29, 1.82) is 0 Å². The van der Waals surface area contributed by atoms with Crippen molar-refractivity contribution < 1.29 is 4.79 Å². The minimum absolute atomic E-state index is 0. The number of carbonyl (C=O) groups is 1. The number of aliphatic imine (C=N–C) groups is 1. The average molecular weight is 556 g/mol. The van der Waals surface area contributed by atoms with Crippen LogP contribution in [-0.4, -0.2) is 43.4 Å². The van der Waals surface area contributed by atoms with Crippen molar-refractivity contribution in [3.05, 3.63) is 52.2 Å². The molecule has 3 N–H and O–H groups in total. The lowest BCUT2D eigenvalue weighted by molar-refractivity contribution is -0.114. The van der Waals surface area contributed by atoms with Crippen LogP contribution in [0.15, 0.2) is 46.8 Å². The van der Waals surface area contributed by atoms with E-state index >= 15 is 0 Å². The molecule has 31 heavy (non-hydrogen) atoms. The lowest BCUT2D eigenvalue weighted by atomic mass is 9.88. The monoisotopic (exact) mass is 555 g/mol. The highest BCUT2D eigenvalue weighted by Gasteiger charge is 2.31. The largest absolute Gasteiger partial charge is 0.357 e. The summed E-state index contributed by atoms with van der Waals surface area (Å²) in [6.45, 7) is 7.02. The van der Waals surface area contributed by atoms with Crippen LogP contribution in [0.5, 0.6) is 0 Å². The molecular weight excluding hydrogens is 521 g/mol. The number of amides is 1. The van der Waals surface area contributed by atoms with E-state index in [0.717, 1.165) is 36.8 Å². The van der Waals surface area contributed by atoms with Gasteiger partial charge in [-0.05, 0) is 68.4 Å². The van der Waals surface area contributed by atoms with Crippen LogP contribution in [0.1, 0.15) is 43.2 Å². The molecule has 1 aromatic carbocycles. The molecule has 0 saturated carbocycles. The summed E-state index contributed by atoms with van der Waals surface area (Å²) in [5.74, 6) is 1.32. The van der Waals surface area contributed by atoms with Gasteiger partial charge in [-0.2, -0.15) is 0 Å². The maximum absolute atomic E-state index is 11.3. The van der Waals surface area contributed by atoms with Gasteiger partial charge in [0.05, 0.1) is 6.54 Å². The minimum atomic E-state index is -0.0663. The summed E-state index contributed by atoms with van der Waals surface area (Å²) in [4.78, 5) is 20.0. The zero-order valence-electron chi connectivity index (χ0n) is 18.6. The van der Waals surface area contributed by atoms with Crippen molar-refractivity contribution in [2.75, 3.05) is 32.0 Å². The molecule has 3 rings (SSSR count). The molecule has 2 unspecified atom stereocenters. The quantitative estimate of drug-likeness (QED) is 0.268. The van der Waals surface area contributed by atoms with Gasteiger partial charge < -0.3 is 16.0 Å². The van der Waals surface area contributed by atoms with E-state index in [1.54, 1.807) is 0 Å². The SMILES string of the molecule is CCNC(=NCc1cccc(NC(C)=O)c1)NCC1CCCN(C)C1c1cccs1.I. The number of hydrogen-bond donors (Lipinski definition) is 3. The Morgan fingerprint density at radius 1 is 1.26 bits per heavy atom. The zero-order chi connectivity index (χ0) is 21.3. The van der Waals surface area contributed by atoms with Gasteiger partial charge in [-0.3, -0.25) is 9.69 Å². The number of rotatable bonds is 7. The average Bonchev–Trinajstić information content (AvgIpc) is 3.24. The van der Waals surface area contributed by atoms with Crippen LogP contribution in [0, 0.1) is 5.92 Å². The Morgan fingerprint density at radius 3 is 2.81 bits per heavy atom. The van der Waals surface area contributed by atoms with Crippen molar-refractivity contribution >= 4 is 52.9 Å². The third-order valence-corrected chi connectivity index (χ3v) is 6.33. The van der Waals surface area contributed by atoms with E-state index in [0.29, 0.717) is 18.5 Å². The number of anilines is 1. The number of halogens is 1. The molecule has 6 nitrogen and oxygen atoms in total. The first-order chi connectivity index (χ1) is 14.6. The normalized spacial score (nSPS) is 19.4. The Labute approximate surface area is 206 Å². The summed E-state index contributed by atoms with van der Waals surface area (Å²) in [5, 5.41) is 11.9. The molecule has 1 aromatic heterocycles. The van der Waals surface area contributed by atoms with Crippen LogP contribution < -0.4 is 16.0 Å². The summed E-state index contributed by atoms with van der Waals surface area (Å²) in [6.07, 6.45) is 2.45. The summed E-state index contributed by atoms with van der Waals surface area (Å²) in [6, 6.07) is 12.7. The number of nitrogens with one attached hydrogen (secondary N) is 3. The third kappa shape index (κ3) is 7.76. The molecule has 0 radical (unpaired) electrons. The summed E-state index contributed by atoms with van der Waals surface area (Å²) in [5.41, 5.74) is 1.87. The highest BCUT2D eigenvalue weighted by atomic mass is 127. The number of thiophene rings is 1. The fraction of sp³-hybridized carbons (Fsp3) is 0.478. The van der Waals surface area contributed by atoms with Gasteiger partial charge in [0.2, 0.25) is 5.91 Å². The van der Waals surface area contributed by atoms with Gasteiger partial charge in [0.25, 0.3) is 0 Å². The Kier molecular flexibility index (Phi) is 10.8. The Bertz CT molecular complexity index is 842. The molecular formula is C23H34IN5OS. The van der Waals surface area contributed by atoms with Crippen molar-refractivity contribution in [2.24, 2.45) is 10.9 Å². The molecule has 1 fully saturated rings. The maximum Gasteiger partial charge on any atom is 0.221 e. The van der Waals surface area contributed by atoms with E-state index < -0.39 is 0 Å². The highest BCUT2D eigenvalue weighted by molar-refractivity contribution is 14.0. The number of piperidine rings is 1. The summed E-state index contributed by atoms with van der Waals surface area (Å²) >= 11 is 1.85. The van der Waals surface area contributed by atoms with Gasteiger partial charge in [-0.25, -0.2) is 4.99 Å². The second-order valence-corrected chi connectivity index (χ2v) is 8.78. The lowest BCUT2D eigenvalue weighted by Crippen LogP contribution is -2.44. The summed E-state index contributed by atoms with van der Waals surface area (Å²) in [7, 11) is 2.23. The third-order valence-electron chi connectivity index (χ3n) is 5.38. The van der Waals surface area contributed by atoms with E-state index in [-0.39, 0.29) is 29.9 Å². The second-order valence-electron chi connectivity index (χ2n) is 7.80. The van der Waals surface area contributed by atoms with E-state index in [1.807, 2.05) is 35.6 Å². The molecule has 0 aliphatic carbocycles. The van der Waals surface area contributed by atoms with Crippen LogP contribution in [0.3, 0.4) is 0 Å². The molecule has 1 amide bonds. The van der Waals surface area contributed by atoms with Gasteiger partial charge in [0.1, 0.15) is 0 Å². The highest BCUT2D eigenvalue weighted by Crippen LogP contribution is 2.36. The fourth-order valence-electron chi connectivity index (χ4n) is 4.07. The van der Waals surface area contributed by atoms with Gasteiger partial charge in [0, 0.05) is 36.6 Å². The maximum atomic E-state index is 11.3. The second kappa shape index (κ2) is 13.0.